The number of fused-ring (bicyclic) bond motifs is 1. The van der Waals surface area contributed by atoms with E-state index in [4.69, 9.17) is 16.9 Å². The normalized spacial score (nSPS) is 10.2. The van der Waals surface area contributed by atoms with Gasteiger partial charge in [0.15, 0.2) is 5.82 Å². The number of benzene rings is 1. The summed E-state index contributed by atoms with van der Waals surface area (Å²) in [5.41, 5.74) is 0. The summed E-state index contributed by atoms with van der Waals surface area (Å²) in [7, 11) is 0. The molecule has 64 valence electrons. The Balaban J connectivity index is 2.86. The van der Waals surface area contributed by atoms with Gasteiger partial charge in [-0.05, 0) is 18.2 Å². The standard InChI is InChI=1S/C9H3ClFNS/c10-5-1-2-6-7(3-5)13-8(4-12)9(6)11/h1-3H. The molecule has 0 saturated carbocycles. The van der Waals surface area contributed by atoms with Gasteiger partial charge in [-0.2, -0.15) is 5.26 Å². The minimum atomic E-state index is -0.445. The highest BCUT2D eigenvalue weighted by Crippen LogP contribution is 2.31. The maximum absolute atomic E-state index is 13.3. The Kier molecular flexibility index (Phi) is 1.95. The molecule has 0 aliphatic carbocycles. The van der Waals surface area contributed by atoms with E-state index in [0.29, 0.717) is 15.1 Å². The highest BCUT2D eigenvalue weighted by Gasteiger charge is 2.10. The van der Waals surface area contributed by atoms with Gasteiger partial charge in [0.05, 0.1) is 0 Å². The van der Waals surface area contributed by atoms with Crippen LogP contribution >= 0.6 is 22.9 Å². The van der Waals surface area contributed by atoms with Crippen molar-refractivity contribution in [1.82, 2.24) is 0 Å². The lowest BCUT2D eigenvalue weighted by Crippen LogP contribution is -1.72. The molecule has 1 nitrogen and oxygen atoms in total. The van der Waals surface area contributed by atoms with E-state index in [9.17, 15) is 4.39 Å². The average Bonchev–Trinajstić information content (AvgIpc) is 2.42. The molecular formula is C9H3ClFNS. The molecule has 2 aromatic rings. The summed E-state index contributed by atoms with van der Waals surface area (Å²) < 4.78 is 14.0. The van der Waals surface area contributed by atoms with Crippen molar-refractivity contribution in [2.45, 2.75) is 0 Å². The third-order valence-electron chi connectivity index (χ3n) is 1.69. The predicted octanol–water partition coefficient (Wildman–Crippen LogP) is 3.57. The highest BCUT2D eigenvalue weighted by atomic mass is 35.5. The zero-order valence-corrected chi connectivity index (χ0v) is 7.92. The molecule has 1 aromatic heterocycles. The fraction of sp³-hybridized carbons (Fsp3) is 0. The van der Waals surface area contributed by atoms with Crippen LogP contribution in [0.25, 0.3) is 10.1 Å². The Morgan fingerprint density at radius 3 is 2.92 bits per heavy atom. The Bertz CT molecular complexity index is 512. The van der Waals surface area contributed by atoms with Gasteiger partial charge in [0, 0.05) is 15.1 Å². The summed E-state index contributed by atoms with van der Waals surface area (Å²) in [6.45, 7) is 0. The number of rotatable bonds is 0. The Morgan fingerprint density at radius 2 is 2.23 bits per heavy atom. The number of hydrogen-bond acceptors (Lipinski definition) is 2. The van der Waals surface area contributed by atoms with E-state index in [1.807, 2.05) is 0 Å². The van der Waals surface area contributed by atoms with Crippen LogP contribution in [0.1, 0.15) is 4.88 Å². The minimum Gasteiger partial charge on any atom is -0.204 e. The maximum atomic E-state index is 13.3. The SMILES string of the molecule is N#Cc1sc2cc(Cl)ccc2c1F. The van der Waals surface area contributed by atoms with Gasteiger partial charge in [-0.3, -0.25) is 0 Å². The summed E-state index contributed by atoms with van der Waals surface area (Å²) in [4.78, 5) is 0.109. The zero-order valence-electron chi connectivity index (χ0n) is 6.34. The second-order valence-electron chi connectivity index (χ2n) is 2.50. The number of nitrogens with zero attached hydrogens (tertiary/aromatic N) is 1. The van der Waals surface area contributed by atoms with Gasteiger partial charge in [-0.25, -0.2) is 4.39 Å². The highest BCUT2D eigenvalue weighted by molar-refractivity contribution is 7.19. The molecule has 0 aliphatic rings. The van der Waals surface area contributed by atoms with Gasteiger partial charge in [0.25, 0.3) is 0 Å². The minimum absolute atomic E-state index is 0.109. The quantitative estimate of drug-likeness (QED) is 0.654. The average molecular weight is 212 g/mol. The molecule has 0 radical (unpaired) electrons. The smallest absolute Gasteiger partial charge is 0.159 e. The second kappa shape index (κ2) is 2.99. The lowest BCUT2D eigenvalue weighted by atomic mass is 10.2. The molecule has 2 rings (SSSR count). The van der Waals surface area contributed by atoms with E-state index in [1.165, 1.54) is 0 Å². The van der Waals surface area contributed by atoms with E-state index in [-0.39, 0.29) is 4.88 Å². The summed E-state index contributed by atoms with van der Waals surface area (Å²) in [6.07, 6.45) is 0. The lowest BCUT2D eigenvalue weighted by Gasteiger charge is -1.89. The first-order chi connectivity index (χ1) is 6.22. The molecule has 0 amide bonds. The molecule has 0 atom stereocenters. The second-order valence-corrected chi connectivity index (χ2v) is 3.99. The van der Waals surface area contributed by atoms with Crippen molar-refractivity contribution in [3.05, 3.63) is 33.9 Å². The van der Waals surface area contributed by atoms with Crippen LogP contribution in [0.4, 0.5) is 4.39 Å². The summed E-state index contributed by atoms with van der Waals surface area (Å²) >= 11 is 6.84. The molecule has 0 unspecified atom stereocenters. The van der Waals surface area contributed by atoms with Crippen molar-refractivity contribution >= 4 is 33.0 Å². The number of hydrogen-bond donors (Lipinski definition) is 0. The zero-order chi connectivity index (χ0) is 9.42. The molecule has 0 N–H and O–H groups in total. The van der Waals surface area contributed by atoms with Crippen LogP contribution in [-0.2, 0) is 0 Å². The van der Waals surface area contributed by atoms with Gasteiger partial charge in [-0.1, -0.05) is 11.6 Å². The summed E-state index contributed by atoms with van der Waals surface area (Å²) in [5.74, 6) is -0.445. The van der Waals surface area contributed by atoms with Gasteiger partial charge < -0.3 is 0 Å². The maximum Gasteiger partial charge on any atom is 0.159 e. The Labute approximate surface area is 83.0 Å². The molecule has 13 heavy (non-hydrogen) atoms. The molecule has 0 fully saturated rings. The van der Waals surface area contributed by atoms with Crippen LogP contribution in [0.2, 0.25) is 5.02 Å². The van der Waals surface area contributed by atoms with Crippen LogP contribution < -0.4 is 0 Å². The third kappa shape index (κ3) is 1.28. The van der Waals surface area contributed by atoms with Crippen molar-refractivity contribution in [2.75, 3.05) is 0 Å². The summed E-state index contributed by atoms with van der Waals surface area (Å²) in [6, 6.07) is 6.66. The third-order valence-corrected chi connectivity index (χ3v) is 2.96. The van der Waals surface area contributed by atoms with Crippen LogP contribution in [0.15, 0.2) is 18.2 Å². The molecule has 4 heteroatoms. The molecule has 0 aliphatic heterocycles. The van der Waals surface area contributed by atoms with Gasteiger partial charge in [0.2, 0.25) is 0 Å². The topological polar surface area (TPSA) is 23.8 Å². The first-order valence-electron chi connectivity index (χ1n) is 3.50. The van der Waals surface area contributed by atoms with Crippen molar-refractivity contribution in [3.63, 3.8) is 0 Å². The van der Waals surface area contributed by atoms with Crippen LogP contribution in [-0.4, -0.2) is 0 Å². The fourth-order valence-corrected chi connectivity index (χ4v) is 2.27. The van der Waals surface area contributed by atoms with Crippen molar-refractivity contribution < 1.29 is 4.39 Å². The predicted molar refractivity (Wildman–Crippen MR) is 51.5 cm³/mol. The number of halogens is 2. The van der Waals surface area contributed by atoms with Gasteiger partial charge in [-0.15, -0.1) is 11.3 Å². The van der Waals surface area contributed by atoms with Crippen molar-refractivity contribution in [2.24, 2.45) is 0 Å². The number of nitriles is 1. The van der Waals surface area contributed by atoms with E-state index in [2.05, 4.69) is 0 Å². The monoisotopic (exact) mass is 211 g/mol. The Hall–Kier alpha value is -1.11. The van der Waals surface area contributed by atoms with Crippen LogP contribution in [0, 0.1) is 17.1 Å². The molecule has 1 aromatic carbocycles. The van der Waals surface area contributed by atoms with Crippen LogP contribution in [0.3, 0.4) is 0 Å². The lowest BCUT2D eigenvalue weighted by molar-refractivity contribution is 0.641. The Morgan fingerprint density at radius 1 is 1.46 bits per heavy atom. The van der Waals surface area contributed by atoms with E-state index >= 15 is 0 Å². The van der Waals surface area contributed by atoms with Crippen molar-refractivity contribution in [3.8, 4) is 6.07 Å². The molecule has 0 bridgehead atoms. The van der Waals surface area contributed by atoms with E-state index in [1.54, 1.807) is 24.3 Å². The van der Waals surface area contributed by atoms with Crippen molar-refractivity contribution in [1.29, 1.82) is 5.26 Å². The van der Waals surface area contributed by atoms with Gasteiger partial charge >= 0.3 is 0 Å². The fourth-order valence-electron chi connectivity index (χ4n) is 1.11. The molecule has 0 spiro atoms. The molecule has 0 saturated heterocycles. The van der Waals surface area contributed by atoms with Crippen LogP contribution in [0.5, 0.6) is 0 Å². The number of thiophene rings is 1. The summed E-state index contributed by atoms with van der Waals surface area (Å²) in [5, 5.41) is 9.59. The van der Waals surface area contributed by atoms with E-state index < -0.39 is 5.82 Å². The van der Waals surface area contributed by atoms with Gasteiger partial charge in [0.1, 0.15) is 10.9 Å². The largest absolute Gasteiger partial charge is 0.204 e. The molecule has 1 heterocycles. The first kappa shape index (κ1) is 8.49. The first-order valence-corrected chi connectivity index (χ1v) is 4.69. The van der Waals surface area contributed by atoms with E-state index in [0.717, 1.165) is 11.3 Å². The molecular weight excluding hydrogens is 209 g/mol.